The number of hydrogen-bond donors (Lipinski definition) is 1. The van der Waals surface area contributed by atoms with Crippen LogP contribution >= 0.6 is 0 Å². The van der Waals surface area contributed by atoms with Crippen LogP contribution in [0.3, 0.4) is 0 Å². The van der Waals surface area contributed by atoms with Crippen molar-refractivity contribution >= 4 is 17.6 Å². The first-order valence-corrected chi connectivity index (χ1v) is 7.17. The van der Waals surface area contributed by atoms with Gasteiger partial charge in [0.25, 0.3) is 5.69 Å². The Bertz CT molecular complexity index is 817. The Hall–Kier alpha value is -3.30. The van der Waals surface area contributed by atoms with E-state index in [1.165, 1.54) is 16.8 Å². The predicted octanol–water partition coefficient (Wildman–Crippen LogP) is 1.29. The van der Waals surface area contributed by atoms with Gasteiger partial charge in [-0.15, -0.1) is 0 Å². The molecule has 1 aliphatic heterocycles. The van der Waals surface area contributed by atoms with Gasteiger partial charge in [0.2, 0.25) is 5.95 Å². The second-order valence-corrected chi connectivity index (χ2v) is 5.12. The molecule has 10 nitrogen and oxygen atoms in total. The molecule has 0 aliphatic carbocycles. The van der Waals surface area contributed by atoms with Crippen LogP contribution in [0.1, 0.15) is 18.5 Å². The number of esters is 1. The minimum Gasteiger partial charge on any atom is -0.465 e. The van der Waals surface area contributed by atoms with Gasteiger partial charge in [-0.3, -0.25) is 14.9 Å². The zero-order chi connectivity index (χ0) is 17.3. The third kappa shape index (κ3) is 2.57. The molecular weight excluding hydrogens is 316 g/mol. The Balaban J connectivity index is 2.12. The third-order valence-electron chi connectivity index (χ3n) is 3.68. The molecule has 0 bridgehead atoms. The number of nitro benzene ring substituents is 1. The van der Waals surface area contributed by atoms with Crippen molar-refractivity contribution in [3.8, 4) is 0 Å². The molecule has 0 fully saturated rings. The normalized spacial score (nSPS) is 19.3. The second-order valence-electron chi connectivity index (χ2n) is 5.12. The van der Waals surface area contributed by atoms with Gasteiger partial charge in [0.15, 0.2) is 0 Å². The molecule has 24 heavy (non-hydrogen) atoms. The van der Waals surface area contributed by atoms with Crippen LogP contribution in [0, 0.1) is 16.0 Å². The molecule has 2 unspecified atom stereocenters. The number of nitro groups is 1. The fourth-order valence-electron chi connectivity index (χ4n) is 2.68. The Morgan fingerprint density at radius 2 is 2.33 bits per heavy atom. The monoisotopic (exact) mass is 330 g/mol. The summed E-state index contributed by atoms with van der Waals surface area (Å²) in [6.45, 7) is 5.75. The molecule has 124 valence electrons. The minimum absolute atomic E-state index is 0.0890. The zero-order valence-electron chi connectivity index (χ0n) is 12.7. The number of tetrazole rings is 1. The van der Waals surface area contributed by atoms with Crippen LogP contribution in [0.25, 0.3) is 0 Å². The molecule has 0 radical (unpaired) electrons. The number of hydrogen-bond acceptors (Lipinski definition) is 8. The maximum absolute atomic E-state index is 12.4. The van der Waals surface area contributed by atoms with E-state index in [9.17, 15) is 14.9 Å². The van der Waals surface area contributed by atoms with E-state index in [4.69, 9.17) is 4.74 Å². The number of ether oxygens (including phenoxy) is 1. The van der Waals surface area contributed by atoms with Crippen molar-refractivity contribution in [2.45, 2.75) is 13.0 Å². The summed E-state index contributed by atoms with van der Waals surface area (Å²) in [5.41, 5.74) is 0.791. The highest BCUT2D eigenvalue weighted by atomic mass is 16.6. The maximum Gasteiger partial charge on any atom is 0.317 e. The molecule has 0 spiro atoms. The first kappa shape index (κ1) is 15.6. The smallest absolute Gasteiger partial charge is 0.317 e. The highest BCUT2D eigenvalue weighted by molar-refractivity contribution is 5.79. The van der Waals surface area contributed by atoms with E-state index in [1.807, 2.05) is 0 Å². The molecule has 1 aromatic heterocycles. The van der Waals surface area contributed by atoms with Gasteiger partial charge < -0.3 is 10.1 Å². The van der Waals surface area contributed by atoms with Crippen molar-refractivity contribution in [1.29, 1.82) is 0 Å². The van der Waals surface area contributed by atoms with E-state index in [0.717, 1.165) is 0 Å². The molecule has 0 saturated carbocycles. The lowest BCUT2D eigenvalue weighted by Gasteiger charge is -2.32. The number of anilines is 1. The topological polar surface area (TPSA) is 125 Å². The summed E-state index contributed by atoms with van der Waals surface area (Å²) in [5, 5.41) is 25.2. The van der Waals surface area contributed by atoms with Crippen molar-refractivity contribution in [3.63, 3.8) is 0 Å². The van der Waals surface area contributed by atoms with Gasteiger partial charge in [-0.1, -0.05) is 23.8 Å². The van der Waals surface area contributed by atoms with Crippen molar-refractivity contribution in [3.05, 3.63) is 52.2 Å². The van der Waals surface area contributed by atoms with E-state index in [2.05, 4.69) is 27.4 Å². The number of carbonyl (C=O) groups is 1. The van der Waals surface area contributed by atoms with Crippen LogP contribution in [0.5, 0.6) is 0 Å². The quantitative estimate of drug-likeness (QED) is 0.505. The number of rotatable bonds is 4. The molecule has 10 heteroatoms. The molecule has 0 saturated heterocycles. The summed E-state index contributed by atoms with van der Waals surface area (Å²) >= 11 is 0. The third-order valence-corrected chi connectivity index (χ3v) is 3.68. The first-order valence-electron chi connectivity index (χ1n) is 7.17. The molecule has 2 atom stereocenters. The molecule has 0 amide bonds. The maximum atomic E-state index is 12.4. The molecule has 1 aliphatic rings. The Morgan fingerprint density at radius 3 is 3.04 bits per heavy atom. The first-order chi connectivity index (χ1) is 11.5. The zero-order valence-corrected chi connectivity index (χ0v) is 12.7. The van der Waals surface area contributed by atoms with Gasteiger partial charge in [0.1, 0.15) is 12.0 Å². The fourth-order valence-corrected chi connectivity index (χ4v) is 2.68. The summed E-state index contributed by atoms with van der Waals surface area (Å²) in [6, 6.07) is 5.29. The van der Waals surface area contributed by atoms with Gasteiger partial charge >= 0.3 is 5.97 Å². The molecule has 2 aromatic rings. The number of benzene rings is 1. The van der Waals surface area contributed by atoms with Gasteiger partial charge in [-0.25, -0.2) is 4.68 Å². The van der Waals surface area contributed by atoms with Crippen LogP contribution in [0.15, 0.2) is 36.5 Å². The molecule has 3 rings (SSSR count). The van der Waals surface area contributed by atoms with Gasteiger partial charge in [-0.2, -0.15) is 0 Å². The summed E-state index contributed by atoms with van der Waals surface area (Å²) < 4.78 is 6.52. The average molecular weight is 330 g/mol. The van der Waals surface area contributed by atoms with Crippen molar-refractivity contribution in [2.75, 3.05) is 11.9 Å². The lowest BCUT2D eigenvalue weighted by Crippen LogP contribution is -2.37. The predicted molar refractivity (Wildman–Crippen MR) is 81.9 cm³/mol. The summed E-state index contributed by atoms with van der Waals surface area (Å²) in [7, 11) is 0. The SMILES string of the molecule is C=C1Nc2nnnn2C(c2cccc([N+](=O)[O-])c2)C1C(=O)OCC. The molecule has 1 N–H and O–H groups in total. The number of nitrogens with one attached hydrogen (secondary N) is 1. The Kier molecular flexibility index (Phi) is 3.94. The summed E-state index contributed by atoms with van der Waals surface area (Å²) in [4.78, 5) is 23.0. The summed E-state index contributed by atoms with van der Waals surface area (Å²) in [5.74, 6) is -1.02. The van der Waals surface area contributed by atoms with Crippen molar-refractivity contribution in [2.24, 2.45) is 5.92 Å². The fraction of sp³-hybridized carbons (Fsp3) is 0.286. The van der Waals surface area contributed by atoms with Gasteiger partial charge in [0.05, 0.1) is 11.5 Å². The number of non-ortho nitro benzene ring substituents is 1. The second kappa shape index (κ2) is 6.07. The number of nitrogens with zero attached hydrogens (tertiary/aromatic N) is 5. The number of carbonyl (C=O) groups excluding carboxylic acids is 1. The van der Waals surface area contributed by atoms with Crippen molar-refractivity contribution < 1.29 is 14.5 Å². The van der Waals surface area contributed by atoms with E-state index >= 15 is 0 Å². The molecule has 1 aromatic carbocycles. The van der Waals surface area contributed by atoms with E-state index in [1.54, 1.807) is 19.1 Å². The van der Waals surface area contributed by atoms with Crippen LogP contribution in [-0.4, -0.2) is 37.7 Å². The number of aromatic nitrogens is 4. The lowest BCUT2D eigenvalue weighted by molar-refractivity contribution is -0.384. The average Bonchev–Trinajstić information content (AvgIpc) is 3.01. The standard InChI is InChI=1S/C14H14N6O4/c1-3-24-13(21)11-8(2)15-14-16-17-18-19(14)12(11)9-5-4-6-10(7-9)20(22)23/h4-7,11-12H,2-3H2,1H3,(H,15,16,18). The lowest BCUT2D eigenvalue weighted by atomic mass is 9.89. The van der Waals surface area contributed by atoms with Gasteiger partial charge in [0, 0.05) is 17.8 Å². The van der Waals surface area contributed by atoms with E-state index < -0.39 is 22.9 Å². The largest absolute Gasteiger partial charge is 0.465 e. The molecule has 2 heterocycles. The Morgan fingerprint density at radius 1 is 1.54 bits per heavy atom. The summed E-state index contributed by atoms with van der Waals surface area (Å²) in [6.07, 6.45) is 0. The highest BCUT2D eigenvalue weighted by Crippen LogP contribution is 2.38. The number of fused-ring (bicyclic) bond motifs is 1. The van der Waals surface area contributed by atoms with E-state index in [-0.39, 0.29) is 12.3 Å². The van der Waals surface area contributed by atoms with E-state index in [0.29, 0.717) is 17.2 Å². The van der Waals surface area contributed by atoms with Crippen LogP contribution in [-0.2, 0) is 9.53 Å². The highest BCUT2D eigenvalue weighted by Gasteiger charge is 2.41. The molecular formula is C14H14N6O4. The van der Waals surface area contributed by atoms with Crippen LogP contribution in [0.4, 0.5) is 11.6 Å². The van der Waals surface area contributed by atoms with Crippen molar-refractivity contribution in [1.82, 2.24) is 20.2 Å². The minimum atomic E-state index is -0.817. The Labute approximate surface area is 136 Å². The van der Waals surface area contributed by atoms with Gasteiger partial charge in [-0.05, 0) is 22.9 Å². The van der Waals surface area contributed by atoms with Crippen LogP contribution in [0.2, 0.25) is 0 Å². The van der Waals surface area contributed by atoms with Crippen LogP contribution < -0.4 is 5.32 Å².